The fourth-order valence-corrected chi connectivity index (χ4v) is 4.12. The van der Waals surface area contributed by atoms with Crippen molar-refractivity contribution in [3.63, 3.8) is 0 Å². The van der Waals surface area contributed by atoms with Gasteiger partial charge in [-0.25, -0.2) is 4.90 Å². The van der Waals surface area contributed by atoms with Crippen LogP contribution in [0.25, 0.3) is 0 Å². The number of hydrogen-bond donors (Lipinski definition) is 0. The molecule has 0 aliphatic carbocycles. The average molecular weight is 320 g/mol. The number of fused-ring (bicyclic) bond motifs is 5. The fraction of sp³-hybridized carbons (Fsp3) is 0.263. The highest BCUT2D eigenvalue weighted by Gasteiger charge is 2.60. The lowest BCUT2D eigenvalue weighted by atomic mass is 9.85. The standard InChI is InChI=1S/C19H16N2O3/c22-18-15-16-14-9-5-4-6-12(14)10-11-20(16)24-17(15)19(23)21(18)13-7-2-1-3-8-13/h1-9,15-17H,10-11H2. The second-order valence-electron chi connectivity index (χ2n) is 6.43. The summed E-state index contributed by atoms with van der Waals surface area (Å²) in [5.41, 5.74) is 2.95. The summed E-state index contributed by atoms with van der Waals surface area (Å²) in [6.07, 6.45) is 0.158. The van der Waals surface area contributed by atoms with Crippen molar-refractivity contribution in [3.8, 4) is 0 Å². The van der Waals surface area contributed by atoms with E-state index in [1.807, 2.05) is 41.5 Å². The Bertz CT molecular complexity index is 836. The molecule has 2 aromatic rings. The topological polar surface area (TPSA) is 49.9 Å². The summed E-state index contributed by atoms with van der Waals surface area (Å²) >= 11 is 0. The van der Waals surface area contributed by atoms with Crippen LogP contribution in [0.4, 0.5) is 5.69 Å². The third-order valence-corrected chi connectivity index (χ3v) is 5.18. The molecular weight excluding hydrogens is 304 g/mol. The predicted molar refractivity (Wildman–Crippen MR) is 86.9 cm³/mol. The Balaban J connectivity index is 1.58. The molecule has 0 saturated carbocycles. The van der Waals surface area contributed by atoms with Gasteiger partial charge < -0.3 is 0 Å². The van der Waals surface area contributed by atoms with Crippen LogP contribution in [-0.4, -0.2) is 29.5 Å². The molecule has 0 N–H and O–H groups in total. The minimum atomic E-state index is -0.714. The number of rotatable bonds is 1. The Kier molecular flexibility index (Phi) is 2.89. The SMILES string of the molecule is O=C1C2ON3CCc4ccccc4C3C2C(=O)N1c1ccccc1. The van der Waals surface area contributed by atoms with Crippen LogP contribution in [0.1, 0.15) is 17.2 Å². The summed E-state index contributed by atoms with van der Waals surface area (Å²) in [7, 11) is 0. The van der Waals surface area contributed by atoms with Gasteiger partial charge >= 0.3 is 0 Å². The lowest BCUT2D eigenvalue weighted by Crippen LogP contribution is -2.39. The van der Waals surface area contributed by atoms with Gasteiger partial charge in [0, 0.05) is 6.54 Å². The van der Waals surface area contributed by atoms with E-state index in [0.717, 1.165) is 12.0 Å². The number of imide groups is 1. The van der Waals surface area contributed by atoms with Crippen LogP contribution in [0.15, 0.2) is 54.6 Å². The van der Waals surface area contributed by atoms with Gasteiger partial charge in [-0.1, -0.05) is 42.5 Å². The van der Waals surface area contributed by atoms with Gasteiger partial charge in [0.25, 0.3) is 5.91 Å². The molecule has 2 fully saturated rings. The van der Waals surface area contributed by atoms with Crippen LogP contribution in [0.2, 0.25) is 0 Å². The highest BCUT2D eigenvalue weighted by Crippen LogP contribution is 2.48. The van der Waals surface area contributed by atoms with Crippen molar-refractivity contribution in [1.82, 2.24) is 5.06 Å². The van der Waals surface area contributed by atoms with Gasteiger partial charge in [0.2, 0.25) is 5.91 Å². The minimum absolute atomic E-state index is 0.166. The molecule has 3 atom stereocenters. The molecule has 3 aliphatic heterocycles. The maximum atomic E-state index is 13.1. The summed E-state index contributed by atoms with van der Waals surface area (Å²) in [4.78, 5) is 33.1. The van der Waals surface area contributed by atoms with E-state index in [9.17, 15) is 9.59 Å². The second kappa shape index (κ2) is 5.00. The molecule has 2 amide bonds. The van der Waals surface area contributed by atoms with Crippen LogP contribution in [-0.2, 0) is 20.8 Å². The maximum absolute atomic E-state index is 13.1. The molecule has 5 rings (SSSR count). The molecule has 5 nitrogen and oxygen atoms in total. The first-order valence-electron chi connectivity index (χ1n) is 8.20. The Hall–Kier alpha value is -2.50. The zero-order valence-corrected chi connectivity index (χ0v) is 13.0. The van der Waals surface area contributed by atoms with Crippen LogP contribution in [0.3, 0.4) is 0 Å². The second-order valence-corrected chi connectivity index (χ2v) is 6.43. The minimum Gasteiger partial charge on any atom is -0.284 e. The van der Waals surface area contributed by atoms with Gasteiger partial charge in [0.05, 0.1) is 17.6 Å². The van der Waals surface area contributed by atoms with Crippen molar-refractivity contribution in [1.29, 1.82) is 0 Å². The predicted octanol–water partition coefficient (Wildman–Crippen LogP) is 2.09. The molecular formula is C19H16N2O3. The van der Waals surface area contributed by atoms with Gasteiger partial charge in [0.1, 0.15) is 0 Å². The van der Waals surface area contributed by atoms with E-state index in [2.05, 4.69) is 6.07 Å². The molecule has 2 saturated heterocycles. The van der Waals surface area contributed by atoms with Crippen LogP contribution < -0.4 is 4.90 Å². The smallest absolute Gasteiger partial charge is 0.265 e. The first-order valence-corrected chi connectivity index (χ1v) is 8.20. The molecule has 120 valence electrons. The number of carbonyl (C=O) groups is 2. The Morgan fingerprint density at radius 2 is 1.67 bits per heavy atom. The van der Waals surface area contributed by atoms with Gasteiger partial charge in [-0.2, -0.15) is 5.06 Å². The number of hydroxylamine groups is 2. The highest BCUT2D eigenvalue weighted by atomic mass is 16.7. The van der Waals surface area contributed by atoms with E-state index >= 15 is 0 Å². The van der Waals surface area contributed by atoms with Crippen molar-refractivity contribution in [2.75, 3.05) is 11.4 Å². The van der Waals surface area contributed by atoms with E-state index in [4.69, 9.17) is 4.84 Å². The lowest BCUT2D eigenvalue weighted by Gasteiger charge is -2.32. The molecule has 3 unspecified atom stereocenters. The number of para-hydroxylation sites is 1. The summed E-state index contributed by atoms with van der Waals surface area (Å²) in [5, 5.41) is 1.83. The van der Waals surface area contributed by atoms with Gasteiger partial charge in [-0.15, -0.1) is 0 Å². The number of nitrogens with zero attached hydrogens (tertiary/aromatic N) is 2. The molecule has 3 aliphatic rings. The summed E-state index contributed by atoms with van der Waals surface area (Å²) < 4.78 is 0. The largest absolute Gasteiger partial charge is 0.284 e. The summed E-state index contributed by atoms with van der Waals surface area (Å²) in [6.45, 7) is 0.709. The van der Waals surface area contributed by atoms with Crippen molar-refractivity contribution in [2.45, 2.75) is 18.6 Å². The van der Waals surface area contributed by atoms with Gasteiger partial charge in [-0.3, -0.25) is 14.4 Å². The normalized spacial score (nSPS) is 28.7. The average Bonchev–Trinajstić information content (AvgIpc) is 3.12. The third kappa shape index (κ3) is 1.76. The molecule has 2 aromatic carbocycles. The van der Waals surface area contributed by atoms with Crippen molar-refractivity contribution in [2.24, 2.45) is 5.92 Å². The molecule has 0 aromatic heterocycles. The fourth-order valence-electron chi connectivity index (χ4n) is 4.12. The van der Waals surface area contributed by atoms with E-state index < -0.39 is 12.0 Å². The van der Waals surface area contributed by atoms with E-state index in [1.165, 1.54) is 10.5 Å². The summed E-state index contributed by atoms with van der Waals surface area (Å²) in [6, 6.07) is 17.0. The first-order chi connectivity index (χ1) is 11.8. The zero-order chi connectivity index (χ0) is 16.3. The van der Waals surface area contributed by atoms with Gasteiger partial charge in [-0.05, 0) is 29.7 Å². The molecule has 24 heavy (non-hydrogen) atoms. The number of benzene rings is 2. The van der Waals surface area contributed by atoms with E-state index in [-0.39, 0.29) is 17.9 Å². The first kappa shape index (κ1) is 13.9. The van der Waals surface area contributed by atoms with Crippen molar-refractivity contribution in [3.05, 3.63) is 65.7 Å². The van der Waals surface area contributed by atoms with Gasteiger partial charge in [0.15, 0.2) is 6.10 Å². The van der Waals surface area contributed by atoms with Crippen LogP contribution >= 0.6 is 0 Å². The van der Waals surface area contributed by atoms with E-state index in [1.54, 1.807) is 12.1 Å². The molecule has 3 heterocycles. The Labute approximate surface area is 139 Å². The summed E-state index contributed by atoms with van der Waals surface area (Å²) in [5.74, 6) is -0.900. The zero-order valence-electron chi connectivity index (χ0n) is 13.0. The Morgan fingerprint density at radius 3 is 2.50 bits per heavy atom. The Morgan fingerprint density at radius 1 is 0.917 bits per heavy atom. The van der Waals surface area contributed by atoms with Crippen molar-refractivity contribution < 1.29 is 14.4 Å². The number of carbonyl (C=O) groups excluding carboxylic acids is 2. The number of hydrogen-bond acceptors (Lipinski definition) is 4. The lowest BCUT2D eigenvalue weighted by molar-refractivity contribution is -0.174. The maximum Gasteiger partial charge on any atom is 0.265 e. The van der Waals surface area contributed by atoms with Crippen molar-refractivity contribution >= 4 is 17.5 Å². The molecule has 0 radical (unpaired) electrons. The monoisotopic (exact) mass is 320 g/mol. The van der Waals surface area contributed by atoms with Crippen LogP contribution in [0.5, 0.6) is 0 Å². The van der Waals surface area contributed by atoms with E-state index in [0.29, 0.717) is 12.2 Å². The van der Waals surface area contributed by atoms with Crippen LogP contribution in [0, 0.1) is 5.92 Å². The highest BCUT2D eigenvalue weighted by molar-refractivity contribution is 6.23. The molecule has 5 heteroatoms. The number of anilines is 1. The number of amides is 2. The molecule has 0 bridgehead atoms. The quantitative estimate of drug-likeness (QED) is 0.755. The molecule has 0 spiro atoms. The third-order valence-electron chi connectivity index (χ3n) is 5.18.